The molecule has 0 bridgehead atoms. The third kappa shape index (κ3) is 4.03. The molecule has 0 saturated heterocycles. The number of fused-ring (bicyclic) bond motifs is 2. The summed E-state index contributed by atoms with van der Waals surface area (Å²) in [5, 5.41) is 3.04. The van der Waals surface area contributed by atoms with E-state index in [2.05, 4.69) is 27.4 Å². The lowest BCUT2D eigenvalue weighted by atomic mass is 9.87. The summed E-state index contributed by atoms with van der Waals surface area (Å²) in [6.45, 7) is 5.37. The van der Waals surface area contributed by atoms with Crippen LogP contribution in [0.1, 0.15) is 58.7 Å². The molecule has 0 fully saturated rings. The number of aromatic nitrogens is 2. The molecule has 0 saturated carbocycles. The van der Waals surface area contributed by atoms with Gasteiger partial charge in [0.25, 0.3) is 5.91 Å². The summed E-state index contributed by atoms with van der Waals surface area (Å²) in [7, 11) is 0. The van der Waals surface area contributed by atoms with Crippen molar-refractivity contribution in [3.63, 3.8) is 0 Å². The van der Waals surface area contributed by atoms with E-state index in [1.807, 2.05) is 26.0 Å². The number of rotatable bonds is 4. The molecule has 6 nitrogen and oxygen atoms in total. The number of amides is 1. The van der Waals surface area contributed by atoms with Crippen LogP contribution in [-0.2, 0) is 16.0 Å². The molecule has 4 rings (SSSR count). The number of benzene rings is 2. The summed E-state index contributed by atoms with van der Waals surface area (Å²) < 4.78 is 5.43. The minimum absolute atomic E-state index is 0.0502. The summed E-state index contributed by atoms with van der Waals surface area (Å²) in [6, 6.07) is 13.2. The van der Waals surface area contributed by atoms with E-state index in [-0.39, 0.29) is 11.9 Å². The highest BCUT2D eigenvalue weighted by Crippen LogP contribution is 2.29. The molecule has 6 heteroatoms. The Morgan fingerprint density at radius 1 is 1.07 bits per heavy atom. The van der Waals surface area contributed by atoms with Crippen LogP contribution in [0.25, 0.3) is 11.0 Å². The molecule has 1 amide bonds. The maximum Gasteiger partial charge on any atom is 0.338 e. The van der Waals surface area contributed by atoms with Crippen molar-refractivity contribution in [3.05, 3.63) is 70.5 Å². The number of nitrogens with zero attached hydrogens (tertiary/aromatic N) is 2. The zero-order valence-electron chi connectivity index (χ0n) is 17.4. The second-order valence-corrected chi connectivity index (χ2v) is 7.80. The van der Waals surface area contributed by atoms with Crippen molar-refractivity contribution in [2.75, 3.05) is 0 Å². The van der Waals surface area contributed by atoms with Gasteiger partial charge in [-0.2, -0.15) is 0 Å². The van der Waals surface area contributed by atoms with Gasteiger partial charge in [0.15, 0.2) is 6.10 Å². The zero-order valence-corrected chi connectivity index (χ0v) is 17.4. The third-order valence-corrected chi connectivity index (χ3v) is 5.65. The van der Waals surface area contributed by atoms with Gasteiger partial charge >= 0.3 is 5.97 Å². The standard InChI is InChI=1S/C24H25N3O3/c1-14-15(2)26-22-13-18(11-12-21(22)25-14)24(29)30-16(3)23(28)27-20-10-6-8-17-7-4-5-9-19(17)20/h4-5,7,9,11-13,16,20H,6,8,10H2,1-3H3,(H,27,28)/t16-,20+/m1/s1. The largest absolute Gasteiger partial charge is 0.449 e. The number of nitrogens with one attached hydrogen (secondary N) is 1. The fourth-order valence-corrected chi connectivity index (χ4v) is 3.83. The van der Waals surface area contributed by atoms with Crippen LogP contribution in [0, 0.1) is 13.8 Å². The van der Waals surface area contributed by atoms with Gasteiger partial charge in [0.1, 0.15) is 0 Å². The molecule has 1 N–H and O–H groups in total. The normalized spacial score (nSPS) is 16.6. The molecular formula is C24H25N3O3. The summed E-state index contributed by atoms with van der Waals surface area (Å²) in [5.74, 6) is -0.847. The molecule has 1 aliphatic carbocycles. The average Bonchev–Trinajstić information content (AvgIpc) is 2.74. The topological polar surface area (TPSA) is 81.2 Å². The maximum atomic E-state index is 12.7. The highest BCUT2D eigenvalue weighted by molar-refractivity contribution is 5.95. The van der Waals surface area contributed by atoms with Crippen molar-refractivity contribution < 1.29 is 14.3 Å². The zero-order chi connectivity index (χ0) is 21.3. The fraction of sp³-hybridized carbons (Fsp3) is 0.333. The first-order chi connectivity index (χ1) is 14.4. The van der Waals surface area contributed by atoms with E-state index in [4.69, 9.17) is 4.74 Å². The van der Waals surface area contributed by atoms with E-state index in [9.17, 15) is 9.59 Å². The molecule has 0 aliphatic heterocycles. The molecule has 154 valence electrons. The quantitative estimate of drug-likeness (QED) is 0.666. The lowest BCUT2D eigenvalue weighted by molar-refractivity contribution is -0.130. The number of esters is 1. The smallest absolute Gasteiger partial charge is 0.338 e. The van der Waals surface area contributed by atoms with E-state index in [1.54, 1.807) is 25.1 Å². The van der Waals surface area contributed by atoms with E-state index in [0.717, 1.165) is 41.7 Å². The summed E-state index contributed by atoms with van der Waals surface area (Å²) in [6.07, 6.45) is 2.03. The van der Waals surface area contributed by atoms with Crippen LogP contribution in [0.5, 0.6) is 0 Å². The lowest BCUT2D eigenvalue weighted by Crippen LogP contribution is -2.39. The lowest BCUT2D eigenvalue weighted by Gasteiger charge is -2.27. The Kier molecular flexibility index (Phi) is 5.48. The van der Waals surface area contributed by atoms with Gasteiger partial charge in [-0.05, 0) is 69.4 Å². The maximum absolute atomic E-state index is 12.7. The van der Waals surface area contributed by atoms with Gasteiger partial charge in [-0.1, -0.05) is 24.3 Å². The monoisotopic (exact) mass is 403 g/mol. The first kappa shape index (κ1) is 20.0. The van der Waals surface area contributed by atoms with Crippen LogP contribution in [0.15, 0.2) is 42.5 Å². The van der Waals surface area contributed by atoms with Crippen LogP contribution < -0.4 is 5.32 Å². The van der Waals surface area contributed by atoms with Crippen molar-refractivity contribution in [2.24, 2.45) is 0 Å². The number of aryl methyl sites for hydroxylation is 3. The Bertz CT molecular complexity index is 1130. The molecule has 0 spiro atoms. The highest BCUT2D eigenvalue weighted by atomic mass is 16.5. The first-order valence-corrected chi connectivity index (χ1v) is 10.3. The van der Waals surface area contributed by atoms with Crippen molar-refractivity contribution in [3.8, 4) is 0 Å². The van der Waals surface area contributed by atoms with Crippen LogP contribution in [-0.4, -0.2) is 27.9 Å². The fourth-order valence-electron chi connectivity index (χ4n) is 3.83. The van der Waals surface area contributed by atoms with E-state index >= 15 is 0 Å². The Morgan fingerprint density at radius 2 is 1.80 bits per heavy atom. The van der Waals surface area contributed by atoms with E-state index < -0.39 is 12.1 Å². The molecule has 3 aromatic rings. The van der Waals surface area contributed by atoms with Crippen LogP contribution >= 0.6 is 0 Å². The Morgan fingerprint density at radius 3 is 2.60 bits per heavy atom. The predicted octanol–water partition coefficient (Wildman–Crippen LogP) is 3.99. The van der Waals surface area contributed by atoms with E-state index in [1.165, 1.54) is 5.56 Å². The molecule has 1 aromatic heterocycles. The Balaban J connectivity index is 1.44. The van der Waals surface area contributed by atoms with Crippen LogP contribution in [0.2, 0.25) is 0 Å². The van der Waals surface area contributed by atoms with Crippen molar-refractivity contribution in [2.45, 2.75) is 52.2 Å². The van der Waals surface area contributed by atoms with Gasteiger partial charge in [0.05, 0.1) is 34.0 Å². The predicted molar refractivity (Wildman–Crippen MR) is 114 cm³/mol. The van der Waals surface area contributed by atoms with Gasteiger partial charge < -0.3 is 10.1 Å². The highest BCUT2D eigenvalue weighted by Gasteiger charge is 2.25. The number of hydrogen-bond donors (Lipinski definition) is 1. The van der Waals surface area contributed by atoms with Crippen LogP contribution in [0.3, 0.4) is 0 Å². The Labute approximate surface area is 175 Å². The van der Waals surface area contributed by atoms with Crippen molar-refractivity contribution in [1.29, 1.82) is 0 Å². The number of ether oxygens (including phenoxy) is 1. The van der Waals surface area contributed by atoms with Gasteiger partial charge in [0.2, 0.25) is 0 Å². The minimum Gasteiger partial charge on any atom is -0.449 e. The van der Waals surface area contributed by atoms with Gasteiger partial charge in [-0.3, -0.25) is 4.79 Å². The number of carbonyl (C=O) groups excluding carboxylic acids is 2. The Hall–Kier alpha value is -3.28. The molecule has 1 aliphatic rings. The molecule has 2 aromatic carbocycles. The summed E-state index contributed by atoms with van der Waals surface area (Å²) in [5.41, 5.74) is 5.78. The third-order valence-electron chi connectivity index (χ3n) is 5.65. The number of carbonyl (C=O) groups is 2. The molecule has 1 heterocycles. The molecule has 0 unspecified atom stereocenters. The molecule has 30 heavy (non-hydrogen) atoms. The van der Waals surface area contributed by atoms with Crippen molar-refractivity contribution in [1.82, 2.24) is 15.3 Å². The minimum atomic E-state index is -0.895. The summed E-state index contributed by atoms with van der Waals surface area (Å²) >= 11 is 0. The summed E-state index contributed by atoms with van der Waals surface area (Å²) in [4.78, 5) is 34.2. The van der Waals surface area contributed by atoms with E-state index in [0.29, 0.717) is 11.1 Å². The van der Waals surface area contributed by atoms with Gasteiger partial charge in [-0.25, -0.2) is 14.8 Å². The first-order valence-electron chi connectivity index (χ1n) is 10.3. The average molecular weight is 403 g/mol. The van der Waals surface area contributed by atoms with Gasteiger partial charge in [-0.15, -0.1) is 0 Å². The van der Waals surface area contributed by atoms with Crippen LogP contribution in [0.4, 0.5) is 0 Å². The van der Waals surface area contributed by atoms with Gasteiger partial charge in [0, 0.05) is 0 Å². The number of hydrogen-bond acceptors (Lipinski definition) is 5. The second-order valence-electron chi connectivity index (χ2n) is 7.80. The second kappa shape index (κ2) is 8.22. The molecule has 0 radical (unpaired) electrons. The molecular weight excluding hydrogens is 378 g/mol. The van der Waals surface area contributed by atoms with Crippen molar-refractivity contribution >= 4 is 22.9 Å². The molecule has 2 atom stereocenters. The SMILES string of the molecule is Cc1nc2ccc(C(=O)O[C@H](C)C(=O)N[C@H]3CCCc4ccccc43)cc2nc1C.